The fourth-order valence-corrected chi connectivity index (χ4v) is 2.79. The van der Waals surface area contributed by atoms with Gasteiger partial charge < -0.3 is 20.4 Å². The van der Waals surface area contributed by atoms with E-state index in [4.69, 9.17) is 5.73 Å². The van der Waals surface area contributed by atoms with Crippen LogP contribution in [-0.4, -0.2) is 68.1 Å². The molecule has 0 aliphatic carbocycles. The molecule has 5 nitrogen and oxygen atoms in total. The molecule has 2 N–H and O–H groups in total. The predicted octanol–water partition coefficient (Wildman–Crippen LogP) is 2.22. The van der Waals surface area contributed by atoms with Crippen molar-refractivity contribution < 1.29 is 4.39 Å². The Morgan fingerprint density at radius 3 is 2.25 bits per heavy atom. The van der Waals surface area contributed by atoms with Crippen LogP contribution in [0.2, 0.25) is 0 Å². The zero-order chi connectivity index (χ0) is 16.7. The number of nitrogens with zero attached hydrogens (tertiary/aromatic N) is 4. The van der Waals surface area contributed by atoms with Crippen LogP contribution >= 0.6 is 24.0 Å². The first-order chi connectivity index (χ1) is 11.1. The molecule has 1 aromatic rings. The van der Waals surface area contributed by atoms with Crippen molar-refractivity contribution in [2.45, 2.75) is 13.8 Å². The van der Waals surface area contributed by atoms with Gasteiger partial charge in [-0.25, -0.2) is 4.39 Å². The maximum Gasteiger partial charge on any atom is 0.191 e. The normalized spacial score (nSPS) is 15.6. The van der Waals surface area contributed by atoms with Crippen molar-refractivity contribution in [3.8, 4) is 0 Å². The third-order valence-corrected chi connectivity index (χ3v) is 4.38. The molecular weight excluding hydrogens is 420 g/mol. The fourth-order valence-electron chi connectivity index (χ4n) is 2.79. The number of hydrogen-bond acceptors (Lipinski definition) is 3. The van der Waals surface area contributed by atoms with Gasteiger partial charge in [0.05, 0.1) is 6.54 Å². The van der Waals surface area contributed by atoms with Crippen LogP contribution in [0.3, 0.4) is 0 Å². The van der Waals surface area contributed by atoms with Crippen molar-refractivity contribution >= 4 is 35.6 Å². The second-order valence-corrected chi connectivity index (χ2v) is 5.72. The maximum absolute atomic E-state index is 13.0. The van der Waals surface area contributed by atoms with Gasteiger partial charge in [0.1, 0.15) is 5.82 Å². The van der Waals surface area contributed by atoms with Crippen molar-refractivity contribution in [1.29, 1.82) is 0 Å². The first-order valence-electron chi connectivity index (χ1n) is 8.41. The van der Waals surface area contributed by atoms with E-state index < -0.39 is 0 Å². The number of benzene rings is 1. The summed E-state index contributed by atoms with van der Waals surface area (Å²) in [5.41, 5.74) is 7.17. The molecule has 0 saturated carbocycles. The standard InChI is InChI=1S/C17H28FN5.HI/c1-3-21(4-2)10-9-20-17(19)23-13-11-22(12-14-23)16-7-5-15(18)6-8-16;/h5-8H,3-4,9-14H2,1-2H3,(H2,19,20);1H. The van der Waals surface area contributed by atoms with Crippen molar-refractivity contribution in [3.05, 3.63) is 30.1 Å². The maximum atomic E-state index is 13.0. The highest BCUT2D eigenvalue weighted by atomic mass is 127. The molecule has 136 valence electrons. The largest absolute Gasteiger partial charge is 0.370 e. The number of anilines is 1. The van der Waals surface area contributed by atoms with Crippen LogP contribution in [0.5, 0.6) is 0 Å². The van der Waals surface area contributed by atoms with Crippen LogP contribution in [0, 0.1) is 5.82 Å². The highest BCUT2D eigenvalue weighted by Gasteiger charge is 2.18. The van der Waals surface area contributed by atoms with Gasteiger partial charge in [0, 0.05) is 38.4 Å². The zero-order valence-corrected chi connectivity index (χ0v) is 16.9. The predicted molar refractivity (Wildman–Crippen MR) is 110 cm³/mol. The minimum Gasteiger partial charge on any atom is -0.370 e. The summed E-state index contributed by atoms with van der Waals surface area (Å²) in [5, 5.41) is 0. The average Bonchev–Trinajstić information content (AvgIpc) is 2.59. The number of halogens is 2. The van der Waals surface area contributed by atoms with E-state index in [1.165, 1.54) is 12.1 Å². The van der Waals surface area contributed by atoms with Crippen molar-refractivity contribution in [3.63, 3.8) is 0 Å². The SMILES string of the molecule is CCN(CC)CCN=C(N)N1CCN(c2ccc(F)cc2)CC1.I. The van der Waals surface area contributed by atoms with Gasteiger partial charge in [-0.05, 0) is 37.4 Å². The van der Waals surface area contributed by atoms with Gasteiger partial charge >= 0.3 is 0 Å². The van der Waals surface area contributed by atoms with Gasteiger partial charge in [-0.15, -0.1) is 24.0 Å². The molecule has 1 aliphatic heterocycles. The molecule has 1 heterocycles. The summed E-state index contributed by atoms with van der Waals surface area (Å²) in [6, 6.07) is 6.66. The summed E-state index contributed by atoms with van der Waals surface area (Å²) >= 11 is 0. The first kappa shape index (κ1) is 21.0. The van der Waals surface area contributed by atoms with Gasteiger partial charge in [-0.2, -0.15) is 0 Å². The van der Waals surface area contributed by atoms with Crippen LogP contribution in [-0.2, 0) is 0 Å². The van der Waals surface area contributed by atoms with E-state index in [9.17, 15) is 4.39 Å². The summed E-state index contributed by atoms with van der Waals surface area (Å²) in [5.74, 6) is 0.438. The number of nitrogens with two attached hydrogens (primary N) is 1. The molecule has 0 radical (unpaired) electrons. The van der Waals surface area contributed by atoms with Crippen molar-refractivity contribution in [1.82, 2.24) is 9.80 Å². The summed E-state index contributed by atoms with van der Waals surface area (Å²) in [7, 11) is 0. The van der Waals surface area contributed by atoms with Gasteiger partial charge in [0.25, 0.3) is 0 Å². The molecule has 0 aromatic heterocycles. The number of guanidine groups is 1. The second-order valence-electron chi connectivity index (χ2n) is 5.72. The van der Waals surface area contributed by atoms with Crippen LogP contribution in [0.25, 0.3) is 0 Å². The Bertz CT molecular complexity index is 496. The van der Waals surface area contributed by atoms with Crippen LogP contribution < -0.4 is 10.6 Å². The summed E-state index contributed by atoms with van der Waals surface area (Å²) in [6.07, 6.45) is 0. The quantitative estimate of drug-likeness (QED) is 0.411. The molecule has 7 heteroatoms. The molecule has 0 spiro atoms. The minimum atomic E-state index is -0.197. The molecule has 1 saturated heterocycles. The lowest BCUT2D eigenvalue weighted by molar-refractivity contribution is 0.311. The second kappa shape index (κ2) is 10.7. The van der Waals surface area contributed by atoms with Crippen LogP contribution in [0.1, 0.15) is 13.8 Å². The van der Waals surface area contributed by atoms with Gasteiger partial charge in [0.2, 0.25) is 0 Å². The molecule has 0 atom stereocenters. The van der Waals surface area contributed by atoms with E-state index in [0.29, 0.717) is 5.96 Å². The summed E-state index contributed by atoms with van der Waals surface area (Å²) < 4.78 is 13.0. The van der Waals surface area contributed by atoms with E-state index in [-0.39, 0.29) is 29.8 Å². The van der Waals surface area contributed by atoms with E-state index in [2.05, 4.69) is 33.5 Å². The van der Waals surface area contributed by atoms with Crippen LogP contribution in [0.4, 0.5) is 10.1 Å². The van der Waals surface area contributed by atoms with Gasteiger partial charge in [0.15, 0.2) is 5.96 Å². The molecule has 1 aliphatic rings. The molecule has 0 amide bonds. The Hall–Kier alpha value is -1.09. The summed E-state index contributed by atoms with van der Waals surface area (Å²) in [4.78, 5) is 11.2. The molecular formula is C17H29FIN5. The highest BCUT2D eigenvalue weighted by Crippen LogP contribution is 2.16. The Kier molecular flexibility index (Phi) is 9.35. The van der Waals surface area contributed by atoms with E-state index in [1.807, 2.05) is 12.1 Å². The van der Waals surface area contributed by atoms with Gasteiger partial charge in [-0.3, -0.25) is 4.99 Å². The van der Waals surface area contributed by atoms with Crippen molar-refractivity contribution in [2.75, 3.05) is 57.3 Å². The Labute approximate surface area is 161 Å². The fraction of sp³-hybridized carbons (Fsp3) is 0.588. The van der Waals surface area contributed by atoms with E-state index >= 15 is 0 Å². The first-order valence-corrected chi connectivity index (χ1v) is 8.41. The monoisotopic (exact) mass is 449 g/mol. The van der Waals surface area contributed by atoms with E-state index in [1.54, 1.807) is 0 Å². The zero-order valence-electron chi connectivity index (χ0n) is 14.6. The van der Waals surface area contributed by atoms with Crippen LogP contribution in [0.15, 0.2) is 29.3 Å². The van der Waals surface area contributed by atoms with Gasteiger partial charge in [-0.1, -0.05) is 13.8 Å². The Morgan fingerprint density at radius 2 is 1.71 bits per heavy atom. The summed E-state index contributed by atoms with van der Waals surface area (Å²) in [6.45, 7) is 11.5. The molecule has 0 bridgehead atoms. The lowest BCUT2D eigenvalue weighted by Crippen LogP contribution is -2.51. The number of piperazine rings is 1. The third kappa shape index (κ3) is 6.08. The molecule has 24 heavy (non-hydrogen) atoms. The lowest BCUT2D eigenvalue weighted by Gasteiger charge is -2.36. The third-order valence-electron chi connectivity index (χ3n) is 4.38. The Balaban J connectivity index is 0.00000288. The lowest BCUT2D eigenvalue weighted by atomic mass is 10.2. The molecule has 2 rings (SSSR count). The van der Waals surface area contributed by atoms with Crippen molar-refractivity contribution in [2.24, 2.45) is 10.7 Å². The minimum absolute atomic E-state index is 0. The molecule has 1 aromatic carbocycles. The number of rotatable bonds is 6. The molecule has 1 fully saturated rings. The Morgan fingerprint density at radius 1 is 1.12 bits per heavy atom. The number of aliphatic imine (C=N–C) groups is 1. The smallest absolute Gasteiger partial charge is 0.191 e. The number of hydrogen-bond donors (Lipinski definition) is 1. The highest BCUT2D eigenvalue weighted by molar-refractivity contribution is 14.0. The average molecular weight is 449 g/mol. The topological polar surface area (TPSA) is 48.1 Å². The molecule has 0 unspecified atom stereocenters. The number of likely N-dealkylation sites (N-methyl/N-ethyl adjacent to an activating group) is 1. The van der Waals surface area contributed by atoms with E-state index in [0.717, 1.165) is 58.0 Å².